The van der Waals surface area contributed by atoms with E-state index in [4.69, 9.17) is 0 Å². The molecule has 3 nitrogen and oxygen atoms in total. The quantitative estimate of drug-likeness (QED) is 0.703. The minimum atomic E-state index is 0.638. The predicted octanol–water partition coefficient (Wildman–Crippen LogP) is 1.89. The van der Waals surface area contributed by atoms with Crippen LogP contribution in [0.2, 0.25) is 0 Å². The van der Waals surface area contributed by atoms with Crippen LogP contribution in [-0.2, 0) is 0 Å². The summed E-state index contributed by atoms with van der Waals surface area (Å²) in [6.07, 6.45) is 5.96. The number of nitrogens with zero attached hydrogens (tertiary/aromatic N) is 1. The lowest BCUT2D eigenvalue weighted by Gasteiger charge is -1.95. The van der Waals surface area contributed by atoms with E-state index >= 15 is 0 Å². The molecule has 3 heteroatoms. The van der Waals surface area contributed by atoms with Crippen LogP contribution in [0, 0.1) is 0 Å². The second kappa shape index (κ2) is 3.23. The van der Waals surface area contributed by atoms with Crippen molar-refractivity contribution < 1.29 is 4.79 Å². The fourth-order valence-corrected chi connectivity index (χ4v) is 1.22. The van der Waals surface area contributed by atoms with E-state index in [1.54, 1.807) is 18.6 Å². The van der Waals surface area contributed by atoms with Crippen molar-refractivity contribution in [3.63, 3.8) is 0 Å². The highest BCUT2D eigenvalue weighted by Crippen LogP contribution is 2.18. The molecule has 0 atom stereocenters. The van der Waals surface area contributed by atoms with Crippen molar-refractivity contribution in [1.82, 2.24) is 9.97 Å². The number of H-pyrrole nitrogens is 1. The summed E-state index contributed by atoms with van der Waals surface area (Å²) >= 11 is 0. The summed E-state index contributed by atoms with van der Waals surface area (Å²) in [5.41, 5.74) is 2.29. The number of rotatable bonds is 2. The molecule has 0 spiro atoms. The molecule has 2 aromatic rings. The van der Waals surface area contributed by atoms with E-state index in [1.807, 2.05) is 18.2 Å². The number of aromatic amines is 1. The predicted molar refractivity (Wildman–Crippen MR) is 49.4 cm³/mol. The third-order valence-electron chi connectivity index (χ3n) is 1.85. The van der Waals surface area contributed by atoms with E-state index in [1.165, 1.54) is 0 Å². The van der Waals surface area contributed by atoms with Gasteiger partial charge in [-0.05, 0) is 12.1 Å². The molecule has 2 aromatic heterocycles. The lowest BCUT2D eigenvalue weighted by molar-refractivity contribution is 0.112. The highest BCUT2D eigenvalue weighted by Gasteiger charge is 2.04. The van der Waals surface area contributed by atoms with Gasteiger partial charge in [0.25, 0.3) is 0 Å². The van der Waals surface area contributed by atoms with Crippen molar-refractivity contribution in [1.29, 1.82) is 0 Å². The zero-order valence-corrected chi connectivity index (χ0v) is 6.90. The van der Waals surface area contributed by atoms with E-state index in [9.17, 15) is 4.79 Å². The van der Waals surface area contributed by atoms with Crippen LogP contribution in [-0.4, -0.2) is 16.3 Å². The highest BCUT2D eigenvalue weighted by atomic mass is 16.1. The van der Waals surface area contributed by atoms with Gasteiger partial charge in [-0.25, -0.2) is 0 Å². The fraction of sp³-hybridized carbons (Fsp3) is 0. The molecule has 0 saturated carbocycles. The highest BCUT2D eigenvalue weighted by molar-refractivity contribution is 5.86. The first-order valence-electron chi connectivity index (χ1n) is 3.95. The van der Waals surface area contributed by atoms with Crippen LogP contribution in [0.4, 0.5) is 0 Å². The lowest BCUT2D eigenvalue weighted by Crippen LogP contribution is -1.83. The zero-order valence-electron chi connectivity index (χ0n) is 6.90. The Morgan fingerprint density at radius 3 is 2.92 bits per heavy atom. The molecular formula is C10H8N2O. The van der Waals surface area contributed by atoms with Gasteiger partial charge in [0, 0.05) is 29.7 Å². The maximum Gasteiger partial charge on any atom is 0.152 e. The Morgan fingerprint density at radius 1 is 1.31 bits per heavy atom. The molecule has 0 fully saturated rings. The Morgan fingerprint density at radius 2 is 2.23 bits per heavy atom. The number of nitrogens with one attached hydrogen (secondary N) is 1. The van der Waals surface area contributed by atoms with Crippen molar-refractivity contribution in [2.45, 2.75) is 0 Å². The van der Waals surface area contributed by atoms with Gasteiger partial charge < -0.3 is 4.98 Å². The molecule has 0 saturated heterocycles. The van der Waals surface area contributed by atoms with E-state index in [2.05, 4.69) is 9.97 Å². The molecule has 2 rings (SSSR count). The maximum atomic E-state index is 10.6. The Labute approximate surface area is 75.4 Å². The Hall–Kier alpha value is -1.90. The molecule has 0 aliphatic carbocycles. The number of aldehydes is 1. The molecule has 0 aromatic carbocycles. The van der Waals surface area contributed by atoms with Crippen LogP contribution < -0.4 is 0 Å². The first kappa shape index (κ1) is 7.73. The largest absolute Gasteiger partial charge is 0.366 e. The number of pyridine rings is 1. The summed E-state index contributed by atoms with van der Waals surface area (Å²) in [5.74, 6) is 0. The number of carbonyl (C=O) groups excluding carboxylic acids is 1. The molecule has 0 bridgehead atoms. The molecule has 0 radical (unpaired) electrons. The molecule has 0 aliphatic rings. The van der Waals surface area contributed by atoms with Gasteiger partial charge in [0.05, 0.1) is 5.69 Å². The van der Waals surface area contributed by atoms with Gasteiger partial charge >= 0.3 is 0 Å². The van der Waals surface area contributed by atoms with Crippen LogP contribution in [0.1, 0.15) is 10.4 Å². The van der Waals surface area contributed by atoms with Gasteiger partial charge in [0.2, 0.25) is 0 Å². The van der Waals surface area contributed by atoms with Crippen molar-refractivity contribution in [3.05, 3.63) is 42.4 Å². The van der Waals surface area contributed by atoms with Crippen LogP contribution in [0.3, 0.4) is 0 Å². The molecule has 2 heterocycles. The third kappa shape index (κ3) is 1.36. The van der Waals surface area contributed by atoms with E-state index < -0.39 is 0 Å². The van der Waals surface area contributed by atoms with E-state index in [-0.39, 0.29) is 0 Å². The van der Waals surface area contributed by atoms with Crippen molar-refractivity contribution >= 4 is 6.29 Å². The fourth-order valence-electron chi connectivity index (χ4n) is 1.22. The maximum absolute atomic E-state index is 10.6. The molecule has 64 valence electrons. The first-order chi connectivity index (χ1) is 6.42. The van der Waals surface area contributed by atoms with Crippen LogP contribution in [0.15, 0.2) is 36.8 Å². The SMILES string of the molecule is O=Cc1c[nH]cc1-c1ccccn1. The minimum Gasteiger partial charge on any atom is -0.366 e. The molecule has 0 unspecified atom stereocenters. The number of hydrogen-bond donors (Lipinski definition) is 1. The summed E-state index contributed by atoms with van der Waals surface area (Å²) in [6.45, 7) is 0. The number of carbonyl (C=O) groups is 1. The minimum absolute atomic E-state index is 0.638. The Kier molecular flexibility index (Phi) is 1.92. The van der Waals surface area contributed by atoms with Crippen molar-refractivity contribution in [2.24, 2.45) is 0 Å². The Balaban J connectivity index is 2.52. The van der Waals surface area contributed by atoms with Crippen molar-refractivity contribution in [3.8, 4) is 11.3 Å². The normalized spacial score (nSPS) is 9.85. The average Bonchev–Trinajstić information content (AvgIpc) is 2.67. The molecule has 1 N–H and O–H groups in total. The molecule has 13 heavy (non-hydrogen) atoms. The van der Waals surface area contributed by atoms with Crippen molar-refractivity contribution in [2.75, 3.05) is 0 Å². The van der Waals surface area contributed by atoms with Gasteiger partial charge in [-0.15, -0.1) is 0 Å². The number of aromatic nitrogens is 2. The summed E-state index contributed by atoms with van der Waals surface area (Å²) < 4.78 is 0. The topological polar surface area (TPSA) is 45.8 Å². The van der Waals surface area contributed by atoms with Crippen LogP contribution in [0.5, 0.6) is 0 Å². The molecular weight excluding hydrogens is 164 g/mol. The monoisotopic (exact) mass is 172 g/mol. The third-order valence-corrected chi connectivity index (χ3v) is 1.85. The first-order valence-corrected chi connectivity index (χ1v) is 3.95. The van der Waals surface area contributed by atoms with Crippen LogP contribution >= 0.6 is 0 Å². The second-order valence-corrected chi connectivity index (χ2v) is 2.66. The summed E-state index contributed by atoms with van der Waals surface area (Å²) in [6, 6.07) is 5.61. The van der Waals surface area contributed by atoms with E-state index in [0.717, 1.165) is 17.5 Å². The lowest BCUT2D eigenvalue weighted by atomic mass is 10.1. The molecule has 0 amide bonds. The van der Waals surface area contributed by atoms with Gasteiger partial charge in [0.1, 0.15) is 0 Å². The van der Waals surface area contributed by atoms with Crippen LogP contribution in [0.25, 0.3) is 11.3 Å². The second-order valence-electron chi connectivity index (χ2n) is 2.66. The summed E-state index contributed by atoms with van der Waals surface area (Å²) in [5, 5.41) is 0. The zero-order chi connectivity index (χ0) is 9.10. The number of hydrogen-bond acceptors (Lipinski definition) is 2. The van der Waals surface area contributed by atoms with Gasteiger partial charge in [-0.3, -0.25) is 9.78 Å². The van der Waals surface area contributed by atoms with Gasteiger partial charge in [-0.2, -0.15) is 0 Å². The summed E-state index contributed by atoms with van der Waals surface area (Å²) in [7, 11) is 0. The summed E-state index contributed by atoms with van der Waals surface area (Å²) in [4.78, 5) is 17.6. The van der Waals surface area contributed by atoms with Gasteiger partial charge in [0.15, 0.2) is 6.29 Å². The van der Waals surface area contributed by atoms with Gasteiger partial charge in [-0.1, -0.05) is 6.07 Å². The standard InChI is InChI=1S/C10H8N2O/c13-7-8-5-11-6-9(8)10-3-1-2-4-12-10/h1-7,11H. The average molecular weight is 172 g/mol. The Bertz CT molecular complexity index is 406. The smallest absolute Gasteiger partial charge is 0.152 e. The molecule has 0 aliphatic heterocycles. The van der Waals surface area contributed by atoms with E-state index in [0.29, 0.717) is 5.56 Å².